The van der Waals surface area contributed by atoms with Crippen molar-refractivity contribution in [2.75, 3.05) is 26.2 Å². The molecule has 1 aliphatic heterocycles. The van der Waals surface area contributed by atoms with Gasteiger partial charge in [0.2, 0.25) is 0 Å². The molecule has 2 fully saturated rings. The van der Waals surface area contributed by atoms with Gasteiger partial charge in [0.05, 0.1) is 5.52 Å². The van der Waals surface area contributed by atoms with Crippen LogP contribution in [0.2, 0.25) is 5.15 Å². The first kappa shape index (κ1) is 14.4. The smallest absolute Gasteiger partial charge is 0.134 e. The van der Waals surface area contributed by atoms with Crippen LogP contribution in [-0.2, 0) is 0 Å². The van der Waals surface area contributed by atoms with E-state index in [9.17, 15) is 0 Å². The van der Waals surface area contributed by atoms with Crippen molar-refractivity contribution in [1.29, 1.82) is 0 Å². The Bertz CT molecular complexity index is 662. The van der Waals surface area contributed by atoms with Gasteiger partial charge in [-0.3, -0.25) is 4.90 Å². The Balaban J connectivity index is 1.75. The molecule has 1 saturated carbocycles. The van der Waals surface area contributed by atoms with Crippen LogP contribution >= 0.6 is 11.6 Å². The van der Waals surface area contributed by atoms with Crippen molar-refractivity contribution in [1.82, 2.24) is 15.2 Å². The van der Waals surface area contributed by atoms with Crippen molar-refractivity contribution < 1.29 is 0 Å². The summed E-state index contributed by atoms with van der Waals surface area (Å²) in [6, 6.07) is 11.0. The lowest BCUT2D eigenvalue weighted by molar-refractivity contribution is 0.0836. The molecule has 0 unspecified atom stereocenters. The summed E-state index contributed by atoms with van der Waals surface area (Å²) < 4.78 is 0. The van der Waals surface area contributed by atoms with Crippen molar-refractivity contribution in [3.63, 3.8) is 0 Å². The number of hydrogen-bond acceptors (Lipinski definition) is 3. The van der Waals surface area contributed by atoms with Crippen molar-refractivity contribution >= 4 is 22.5 Å². The van der Waals surface area contributed by atoms with E-state index in [-0.39, 0.29) is 0 Å². The van der Waals surface area contributed by atoms with E-state index in [0.29, 0.717) is 11.2 Å². The predicted molar refractivity (Wildman–Crippen MR) is 91.3 cm³/mol. The van der Waals surface area contributed by atoms with E-state index in [1.165, 1.54) is 30.2 Å². The lowest BCUT2D eigenvalue weighted by atomic mass is 9.76. The third kappa shape index (κ3) is 2.62. The van der Waals surface area contributed by atoms with Gasteiger partial charge in [-0.2, -0.15) is 0 Å². The number of nitrogens with zero attached hydrogens (tertiary/aromatic N) is 2. The van der Waals surface area contributed by atoms with Crippen molar-refractivity contribution in [3.8, 4) is 0 Å². The van der Waals surface area contributed by atoms with Crippen LogP contribution in [0.5, 0.6) is 0 Å². The molecule has 3 nitrogen and oxygen atoms in total. The Morgan fingerprint density at radius 2 is 1.95 bits per heavy atom. The van der Waals surface area contributed by atoms with Gasteiger partial charge in [0, 0.05) is 43.2 Å². The minimum absolute atomic E-state index is 0.431. The summed E-state index contributed by atoms with van der Waals surface area (Å²) in [4.78, 5) is 7.26. The van der Waals surface area contributed by atoms with Gasteiger partial charge in [0.15, 0.2) is 0 Å². The highest BCUT2D eigenvalue weighted by atomic mass is 35.5. The Hall–Kier alpha value is -1.16. The molecule has 0 spiro atoms. The molecule has 1 atom stereocenters. The molecule has 2 aromatic rings. The maximum atomic E-state index is 6.59. The maximum Gasteiger partial charge on any atom is 0.134 e. The second-order valence-electron chi connectivity index (χ2n) is 6.48. The van der Waals surface area contributed by atoms with Gasteiger partial charge in [-0.1, -0.05) is 36.2 Å². The van der Waals surface area contributed by atoms with E-state index < -0.39 is 0 Å². The first-order valence-electron chi connectivity index (χ1n) is 8.33. The highest BCUT2D eigenvalue weighted by Crippen LogP contribution is 2.43. The third-order valence-electron chi connectivity index (χ3n) is 5.16. The van der Waals surface area contributed by atoms with Gasteiger partial charge in [0.25, 0.3) is 0 Å². The topological polar surface area (TPSA) is 28.2 Å². The van der Waals surface area contributed by atoms with Gasteiger partial charge < -0.3 is 5.32 Å². The number of nitrogens with one attached hydrogen (secondary N) is 1. The van der Waals surface area contributed by atoms with Crippen LogP contribution in [0.15, 0.2) is 30.3 Å². The standard InChI is InChI=1S/C18H22ClN3/c19-18-15(12-14-4-1-2-7-16(14)21-18)17(13-5-3-6-13)22-10-8-20-9-11-22/h1-2,4,7,12-13,17,20H,3,5-6,8-11H2/t17-/m1/s1. The zero-order valence-electron chi connectivity index (χ0n) is 12.8. The number of para-hydroxylation sites is 1. The Morgan fingerprint density at radius 1 is 1.18 bits per heavy atom. The van der Waals surface area contributed by atoms with E-state index in [4.69, 9.17) is 11.6 Å². The van der Waals surface area contributed by atoms with E-state index in [1.54, 1.807) is 0 Å². The van der Waals surface area contributed by atoms with E-state index in [2.05, 4.69) is 33.4 Å². The van der Waals surface area contributed by atoms with Gasteiger partial charge in [-0.25, -0.2) is 4.98 Å². The summed E-state index contributed by atoms with van der Waals surface area (Å²) in [5.41, 5.74) is 2.22. The largest absolute Gasteiger partial charge is 0.314 e. The monoisotopic (exact) mass is 315 g/mol. The van der Waals surface area contributed by atoms with Crippen molar-refractivity contribution in [2.24, 2.45) is 5.92 Å². The minimum atomic E-state index is 0.431. The number of piperazine rings is 1. The number of rotatable bonds is 3. The highest BCUT2D eigenvalue weighted by molar-refractivity contribution is 6.30. The average molecular weight is 316 g/mol. The van der Waals surface area contributed by atoms with Gasteiger partial charge in [-0.05, 0) is 30.9 Å². The fraction of sp³-hybridized carbons (Fsp3) is 0.500. The molecular formula is C18H22ClN3. The lowest BCUT2D eigenvalue weighted by Crippen LogP contribution is -2.48. The molecule has 4 rings (SSSR count). The first-order valence-corrected chi connectivity index (χ1v) is 8.71. The predicted octanol–water partition coefficient (Wildman–Crippen LogP) is 3.63. The maximum absolute atomic E-state index is 6.59. The second kappa shape index (κ2) is 6.15. The van der Waals surface area contributed by atoms with Crippen molar-refractivity contribution in [2.45, 2.75) is 25.3 Å². The summed E-state index contributed by atoms with van der Waals surface area (Å²) in [5.74, 6) is 0.735. The molecule has 2 heterocycles. The molecule has 1 aromatic heterocycles. The minimum Gasteiger partial charge on any atom is -0.314 e. The molecule has 2 aliphatic rings. The molecule has 22 heavy (non-hydrogen) atoms. The third-order valence-corrected chi connectivity index (χ3v) is 5.47. The molecule has 0 amide bonds. The zero-order chi connectivity index (χ0) is 14.9. The normalized spacial score (nSPS) is 21.7. The fourth-order valence-electron chi connectivity index (χ4n) is 3.78. The number of benzene rings is 1. The van der Waals surface area contributed by atoms with Crippen LogP contribution in [0, 0.1) is 5.92 Å². The van der Waals surface area contributed by atoms with Crippen LogP contribution in [0.3, 0.4) is 0 Å². The summed E-state index contributed by atoms with van der Waals surface area (Å²) in [6.07, 6.45) is 3.99. The number of fused-ring (bicyclic) bond motifs is 1. The highest BCUT2D eigenvalue weighted by Gasteiger charge is 2.35. The first-order chi connectivity index (χ1) is 10.8. The average Bonchev–Trinajstić information content (AvgIpc) is 2.51. The van der Waals surface area contributed by atoms with Crippen LogP contribution < -0.4 is 5.32 Å². The van der Waals surface area contributed by atoms with E-state index in [1.807, 2.05) is 12.1 Å². The summed E-state index contributed by atoms with van der Waals surface area (Å²) in [7, 11) is 0. The van der Waals surface area contributed by atoms with Crippen LogP contribution in [-0.4, -0.2) is 36.1 Å². The molecule has 4 heteroatoms. The Kier molecular flexibility index (Phi) is 4.03. The lowest BCUT2D eigenvalue weighted by Gasteiger charge is -2.43. The van der Waals surface area contributed by atoms with Gasteiger partial charge in [0.1, 0.15) is 5.15 Å². The Morgan fingerprint density at radius 3 is 2.68 bits per heavy atom. The molecule has 0 radical (unpaired) electrons. The molecule has 1 saturated heterocycles. The van der Waals surface area contributed by atoms with Gasteiger partial charge in [-0.15, -0.1) is 0 Å². The zero-order valence-corrected chi connectivity index (χ0v) is 13.5. The fourth-order valence-corrected chi connectivity index (χ4v) is 4.04. The van der Waals surface area contributed by atoms with E-state index in [0.717, 1.165) is 37.6 Å². The summed E-state index contributed by atoms with van der Waals surface area (Å²) >= 11 is 6.59. The van der Waals surface area contributed by atoms with Crippen LogP contribution in [0.1, 0.15) is 30.9 Å². The molecule has 116 valence electrons. The number of aromatic nitrogens is 1. The van der Waals surface area contributed by atoms with Crippen LogP contribution in [0.4, 0.5) is 0 Å². The van der Waals surface area contributed by atoms with Gasteiger partial charge >= 0.3 is 0 Å². The molecule has 1 N–H and O–H groups in total. The molecular weight excluding hydrogens is 294 g/mol. The summed E-state index contributed by atoms with van der Waals surface area (Å²) in [6.45, 7) is 4.35. The number of hydrogen-bond donors (Lipinski definition) is 1. The quantitative estimate of drug-likeness (QED) is 0.877. The molecule has 1 aromatic carbocycles. The van der Waals surface area contributed by atoms with E-state index >= 15 is 0 Å². The SMILES string of the molecule is Clc1nc2ccccc2cc1[C@@H](C1CCC1)N1CCNCC1. The molecule has 1 aliphatic carbocycles. The summed E-state index contributed by atoms with van der Waals surface area (Å²) in [5, 5.41) is 5.33. The second-order valence-corrected chi connectivity index (χ2v) is 6.84. The molecule has 0 bridgehead atoms. The Labute approximate surface area is 136 Å². The van der Waals surface area contributed by atoms with Crippen LogP contribution in [0.25, 0.3) is 10.9 Å². The van der Waals surface area contributed by atoms with Crippen molar-refractivity contribution in [3.05, 3.63) is 41.0 Å². The number of pyridine rings is 1. The number of halogens is 1.